The van der Waals surface area contributed by atoms with Crippen LogP contribution in [0.5, 0.6) is 0 Å². The van der Waals surface area contributed by atoms with Crippen LogP contribution < -0.4 is 0 Å². The highest BCUT2D eigenvalue weighted by atomic mass is 35.5. The maximum Gasteiger partial charge on any atom is 0.244 e. The van der Waals surface area contributed by atoms with Crippen LogP contribution in [0, 0.1) is 6.92 Å². The first-order chi connectivity index (χ1) is 7.95. The van der Waals surface area contributed by atoms with Gasteiger partial charge in [-0.15, -0.1) is 22.9 Å². The van der Waals surface area contributed by atoms with E-state index in [2.05, 4.69) is 0 Å². The zero-order valence-electron chi connectivity index (χ0n) is 10.1. The lowest BCUT2D eigenvalue weighted by Gasteiger charge is -2.17. The Morgan fingerprint density at radius 2 is 2.18 bits per heavy atom. The minimum Gasteiger partial charge on any atom is -0.383 e. The SMILES string of the molecule is COCCN(C)S(=O)(=O)c1c(C)csc1CCl. The van der Waals surface area contributed by atoms with Crippen LogP contribution in [-0.2, 0) is 20.6 Å². The van der Waals surface area contributed by atoms with E-state index in [1.54, 1.807) is 21.1 Å². The number of hydrogen-bond acceptors (Lipinski definition) is 4. The van der Waals surface area contributed by atoms with Gasteiger partial charge in [-0.05, 0) is 17.9 Å². The number of alkyl halides is 1. The van der Waals surface area contributed by atoms with E-state index in [1.165, 1.54) is 15.6 Å². The van der Waals surface area contributed by atoms with Gasteiger partial charge in [-0.25, -0.2) is 8.42 Å². The highest BCUT2D eigenvalue weighted by Crippen LogP contribution is 2.30. The Labute approximate surface area is 111 Å². The summed E-state index contributed by atoms with van der Waals surface area (Å²) in [4.78, 5) is 1.03. The second kappa shape index (κ2) is 6.15. The van der Waals surface area contributed by atoms with Crippen molar-refractivity contribution in [3.63, 3.8) is 0 Å². The predicted octanol–water partition coefficient (Wildman–Crippen LogP) is 2.06. The van der Waals surface area contributed by atoms with Crippen LogP contribution in [0.15, 0.2) is 10.3 Å². The third kappa shape index (κ3) is 3.20. The molecular weight excluding hydrogens is 282 g/mol. The lowest BCUT2D eigenvalue weighted by molar-refractivity contribution is 0.185. The average Bonchev–Trinajstić information content (AvgIpc) is 2.67. The van der Waals surface area contributed by atoms with Crippen LogP contribution in [0.3, 0.4) is 0 Å². The Morgan fingerprint density at radius 3 is 2.71 bits per heavy atom. The number of methoxy groups -OCH3 is 1. The summed E-state index contributed by atoms with van der Waals surface area (Å²) in [6, 6.07) is 0. The summed E-state index contributed by atoms with van der Waals surface area (Å²) in [6.07, 6.45) is 0. The molecule has 7 heteroatoms. The van der Waals surface area contributed by atoms with Crippen LogP contribution >= 0.6 is 22.9 Å². The summed E-state index contributed by atoms with van der Waals surface area (Å²) < 4.78 is 30.8. The summed E-state index contributed by atoms with van der Waals surface area (Å²) in [5.41, 5.74) is 0.745. The maximum atomic E-state index is 12.3. The average molecular weight is 298 g/mol. The number of aryl methyl sites for hydroxylation is 1. The van der Waals surface area contributed by atoms with Crippen molar-refractivity contribution in [2.45, 2.75) is 17.7 Å². The Balaban J connectivity index is 3.08. The summed E-state index contributed by atoms with van der Waals surface area (Å²) in [5, 5.41) is 1.81. The molecule has 0 fully saturated rings. The minimum atomic E-state index is -3.46. The Kier molecular flexibility index (Phi) is 5.40. The standard InChI is InChI=1S/C10H16ClNO3S2/c1-8-7-16-9(6-11)10(8)17(13,14)12(2)4-5-15-3/h7H,4-6H2,1-3H3. The Morgan fingerprint density at radius 1 is 1.53 bits per heavy atom. The monoisotopic (exact) mass is 297 g/mol. The molecule has 0 amide bonds. The number of thiophene rings is 1. The number of nitrogens with zero attached hydrogens (tertiary/aromatic N) is 1. The fourth-order valence-corrected chi connectivity index (χ4v) is 4.58. The van der Waals surface area contributed by atoms with Crippen LogP contribution in [0.4, 0.5) is 0 Å². The lowest BCUT2D eigenvalue weighted by Crippen LogP contribution is -2.30. The smallest absolute Gasteiger partial charge is 0.244 e. The Bertz CT molecular complexity index is 470. The van der Waals surface area contributed by atoms with Crippen LogP contribution in [0.1, 0.15) is 10.4 Å². The van der Waals surface area contributed by atoms with Crippen molar-refractivity contribution in [1.82, 2.24) is 4.31 Å². The van der Waals surface area contributed by atoms with E-state index in [9.17, 15) is 8.42 Å². The molecule has 0 radical (unpaired) electrons. The normalized spacial score (nSPS) is 12.3. The molecule has 0 spiro atoms. The van der Waals surface area contributed by atoms with E-state index in [0.29, 0.717) is 22.9 Å². The molecule has 0 bridgehead atoms. The van der Waals surface area contributed by atoms with E-state index in [4.69, 9.17) is 16.3 Å². The molecule has 1 aromatic rings. The predicted molar refractivity (Wildman–Crippen MR) is 70.3 cm³/mol. The van der Waals surface area contributed by atoms with E-state index < -0.39 is 10.0 Å². The third-order valence-electron chi connectivity index (χ3n) is 2.39. The largest absolute Gasteiger partial charge is 0.383 e. The lowest BCUT2D eigenvalue weighted by atomic mass is 10.3. The third-order valence-corrected chi connectivity index (χ3v) is 6.14. The molecule has 0 saturated carbocycles. The van der Waals surface area contributed by atoms with E-state index >= 15 is 0 Å². The van der Waals surface area contributed by atoms with Gasteiger partial charge in [0.25, 0.3) is 0 Å². The molecule has 17 heavy (non-hydrogen) atoms. The maximum absolute atomic E-state index is 12.3. The topological polar surface area (TPSA) is 46.6 Å². The van der Waals surface area contributed by atoms with Gasteiger partial charge in [-0.3, -0.25) is 0 Å². The molecular formula is C10H16ClNO3S2. The molecule has 0 N–H and O–H groups in total. The number of halogens is 1. The highest BCUT2D eigenvalue weighted by molar-refractivity contribution is 7.89. The van der Waals surface area contributed by atoms with Crippen molar-refractivity contribution in [2.75, 3.05) is 27.3 Å². The number of rotatable bonds is 6. The van der Waals surface area contributed by atoms with Crippen molar-refractivity contribution in [3.8, 4) is 0 Å². The van der Waals surface area contributed by atoms with Gasteiger partial charge in [0.05, 0.1) is 12.5 Å². The molecule has 1 aromatic heterocycles. The zero-order chi connectivity index (χ0) is 13.1. The van der Waals surface area contributed by atoms with Crippen molar-refractivity contribution in [3.05, 3.63) is 15.8 Å². The van der Waals surface area contributed by atoms with Crippen LogP contribution in [0.25, 0.3) is 0 Å². The van der Waals surface area contributed by atoms with Gasteiger partial charge in [-0.2, -0.15) is 4.31 Å². The van der Waals surface area contributed by atoms with Crippen molar-refractivity contribution < 1.29 is 13.2 Å². The second-order valence-corrected chi connectivity index (χ2v) is 6.84. The molecule has 98 valence electrons. The zero-order valence-corrected chi connectivity index (χ0v) is 12.5. The molecule has 0 saturated heterocycles. The first kappa shape index (κ1) is 14.9. The minimum absolute atomic E-state index is 0.213. The van der Waals surface area contributed by atoms with Gasteiger partial charge in [-0.1, -0.05) is 0 Å². The number of sulfonamides is 1. The summed E-state index contributed by atoms with van der Waals surface area (Å²) >= 11 is 7.14. The number of hydrogen-bond donors (Lipinski definition) is 0. The first-order valence-electron chi connectivity index (χ1n) is 5.03. The van der Waals surface area contributed by atoms with Gasteiger partial charge in [0, 0.05) is 25.6 Å². The van der Waals surface area contributed by atoms with Crippen molar-refractivity contribution in [2.24, 2.45) is 0 Å². The van der Waals surface area contributed by atoms with E-state index in [1.807, 2.05) is 5.38 Å². The molecule has 0 aromatic carbocycles. The van der Waals surface area contributed by atoms with Gasteiger partial charge >= 0.3 is 0 Å². The van der Waals surface area contributed by atoms with Crippen molar-refractivity contribution >= 4 is 33.0 Å². The van der Waals surface area contributed by atoms with Gasteiger partial charge < -0.3 is 4.74 Å². The van der Waals surface area contributed by atoms with Crippen LogP contribution in [-0.4, -0.2) is 40.0 Å². The van der Waals surface area contributed by atoms with Gasteiger partial charge in [0.15, 0.2) is 0 Å². The van der Waals surface area contributed by atoms with Gasteiger partial charge in [0.2, 0.25) is 10.0 Å². The molecule has 0 aliphatic carbocycles. The Hall–Kier alpha value is -0.140. The van der Waals surface area contributed by atoms with Crippen LogP contribution in [0.2, 0.25) is 0 Å². The number of likely N-dealkylation sites (N-methyl/N-ethyl adjacent to an activating group) is 1. The summed E-state index contributed by atoms with van der Waals surface area (Å²) in [7, 11) is -0.375. The fourth-order valence-electron chi connectivity index (χ4n) is 1.42. The molecule has 0 aliphatic heterocycles. The molecule has 1 rings (SSSR count). The highest BCUT2D eigenvalue weighted by Gasteiger charge is 2.26. The van der Waals surface area contributed by atoms with Crippen molar-refractivity contribution in [1.29, 1.82) is 0 Å². The molecule has 1 heterocycles. The first-order valence-corrected chi connectivity index (χ1v) is 7.88. The molecule has 0 atom stereocenters. The van der Waals surface area contributed by atoms with E-state index in [-0.39, 0.29) is 5.88 Å². The second-order valence-electron chi connectivity index (χ2n) is 3.62. The van der Waals surface area contributed by atoms with E-state index in [0.717, 1.165) is 5.56 Å². The molecule has 4 nitrogen and oxygen atoms in total. The summed E-state index contributed by atoms with van der Waals surface area (Å²) in [6.45, 7) is 2.48. The number of ether oxygens (including phenoxy) is 1. The van der Waals surface area contributed by atoms with Gasteiger partial charge in [0.1, 0.15) is 4.90 Å². The fraction of sp³-hybridized carbons (Fsp3) is 0.600. The molecule has 0 aliphatic rings. The molecule has 0 unspecified atom stereocenters. The summed E-state index contributed by atoms with van der Waals surface area (Å²) in [5.74, 6) is 0.213. The quantitative estimate of drug-likeness (QED) is 0.755.